The molecule has 2 aliphatic carbocycles. The Morgan fingerprint density at radius 3 is 1.55 bits per heavy atom. The van der Waals surface area contributed by atoms with Crippen molar-refractivity contribution >= 4 is 87.6 Å². The van der Waals surface area contributed by atoms with E-state index >= 15 is 0 Å². The lowest BCUT2D eigenvalue weighted by Gasteiger charge is -2.13. The lowest BCUT2D eigenvalue weighted by Crippen LogP contribution is -2.22. The van der Waals surface area contributed by atoms with Gasteiger partial charge in [-0.2, -0.15) is 10.4 Å². The number of nitrogens with one attached hydrogen (secondary N) is 6. The van der Waals surface area contributed by atoms with Gasteiger partial charge in [-0.3, -0.25) is 30.2 Å². The number of H-pyrrole nitrogens is 2. The molecule has 4 amide bonds. The second kappa shape index (κ2) is 18.2. The molecule has 0 unspecified atom stereocenters. The molecule has 2 fully saturated rings. The van der Waals surface area contributed by atoms with Crippen LogP contribution < -0.4 is 21.3 Å². The minimum absolute atomic E-state index is 0.0204. The molecule has 0 aliphatic heterocycles. The molecule has 0 bridgehead atoms. The van der Waals surface area contributed by atoms with Crippen LogP contribution in [0.5, 0.6) is 0 Å². The van der Waals surface area contributed by atoms with Crippen LogP contribution >= 0.6 is 22.7 Å². The smallest absolute Gasteiger partial charge is 0.307 e. The first kappa shape index (κ1) is 41.6. The highest BCUT2D eigenvalue weighted by molar-refractivity contribution is 7.93. The highest BCUT2D eigenvalue weighted by Gasteiger charge is 2.30. The topological polar surface area (TPSA) is 345 Å². The lowest BCUT2D eigenvalue weighted by atomic mass is 9.96. The molecule has 0 radical (unpaired) electrons. The number of pyridine rings is 2. The second-order valence-corrected chi connectivity index (χ2v) is 19.3. The van der Waals surface area contributed by atoms with Gasteiger partial charge in [0.25, 0.3) is 30.0 Å². The van der Waals surface area contributed by atoms with Gasteiger partial charge in [-0.05, 0) is 48.2 Å². The number of sulfone groups is 2. The van der Waals surface area contributed by atoms with Crippen LogP contribution in [0.1, 0.15) is 72.1 Å². The van der Waals surface area contributed by atoms with Crippen molar-refractivity contribution in [2.24, 2.45) is 11.8 Å². The van der Waals surface area contributed by atoms with Crippen molar-refractivity contribution in [2.45, 2.75) is 70.1 Å². The number of rotatable bonds is 12. The molecule has 6 N–H and O–H groups in total. The minimum atomic E-state index is -3.98. The summed E-state index contributed by atoms with van der Waals surface area (Å²) in [6.07, 6.45) is 15.4. The fourth-order valence-electron chi connectivity index (χ4n) is 6.32. The van der Waals surface area contributed by atoms with Gasteiger partial charge in [0.05, 0.1) is 35.5 Å². The number of Topliss-reactive ketones (excluding diaryl/α,β-unsaturated/α-hetero) is 2. The van der Waals surface area contributed by atoms with Crippen LogP contribution in [-0.4, -0.2) is 102 Å². The molecule has 312 valence electrons. The number of hydrogen-bond donors (Lipinski definition) is 6. The van der Waals surface area contributed by atoms with Crippen molar-refractivity contribution in [1.82, 2.24) is 61.2 Å². The Bertz CT molecular complexity index is 2530. The monoisotopic (exact) mass is 896 g/mol. The molecule has 0 atom stereocenters. The lowest BCUT2D eigenvalue weighted by molar-refractivity contribution is 0.0916. The Balaban J connectivity index is 0.000000181. The van der Waals surface area contributed by atoms with E-state index in [1.54, 1.807) is 6.07 Å². The van der Waals surface area contributed by atoms with E-state index in [9.17, 15) is 36.0 Å². The molecule has 24 nitrogen and oxygen atoms in total. The van der Waals surface area contributed by atoms with E-state index in [1.807, 2.05) is 0 Å². The molecule has 0 aromatic carbocycles. The highest BCUT2D eigenvalue weighted by Crippen LogP contribution is 2.32. The fraction of sp³-hybridized carbons (Fsp3) is 0.312. The van der Waals surface area contributed by atoms with Gasteiger partial charge >= 0.3 is 12.1 Å². The van der Waals surface area contributed by atoms with Crippen molar-refractivity contribution in [1.29, 1.82) is 0 Å². The van der Waals surface area contributed by atoms with E-state index in [4.69, 9.17) is 0 Å². The molecule has 8 rings (SSSR count). The summed E-state index contributed by atoms with van der Waals surface area (Å²) < 4.78 is 49.1. The van der Waals surface area contributed by atoms with E-state index in [0.717, 1.165) is 86.4 Å². The van der Waals surface area contributed by atoms with E-state index < -0.39 is 42.0 Å². The van der Waals surface area contributed by atoms with Gasteiger partial charge in [0.2, 0.25) is 0 Å². The van der Waals surface area contributed by atoms with Gasteiger partial charge in [-0.15, -0.1) is 10.2 Å². The minimum Gasteiger partial charge on any atom is -0.307 e. The summed E-state index contributed by atoms with van der Waals surface area (Å²) in [6, 6.07) is 1.77. The van der Waals surface area contributed by atoms with Gasteiger partial charge in [-0.25, -0.2) is 36.4 Å². The van der Waals surface area contributed by atoms with Crippen molar-refractivity contribution in [3.05, 3.63) is 60.4 Å². The Morgan fingerprint density at radius 2 is 1.05 bits per heavy atom. The summed E-state index contributed by atoms with van der Waals surface area (Å²) in [7, 11) is -7.96. The Hall–Kier alpha value is -6.52. The Labute approximate surface area is 347 Å². The number of carbonyl (C=O) groups excluding carboxylic acids is 4. The summed E-state index contributed by atoms with van der Waals surface area (Å²) in [6.45, 7) is 0. The molecule has 6 heterocycles. The van der Waals surface area contributed by atoms with E-state index in [2.05, 4.69) is 82.5 Å². The first-order valence-electron chi connectivity index (χ1n) is 17.9. The number of urea groups is 2. The summed E-state index contributed by atoms with van der Waals surface area (Å²) in [4.78, 5) is 66.0. The molecular weight excluding hydrogens is 865 g/mol. The van der Waals surface area contributed by atoms with Crippen LogP contribution in [-0.2, 0) is 19.7 Å². The number of hydrogen-bond acceptors (Lipinski definition) is 20. The number of aromatic nitrogens is 12. The SMILES string of the molecule is O=C(Nc1ncc(S(=O)(=O)c2nn[nH]n2)s1)Nc1ccncc1C(=O)C1CCCC1.O=C(Nc1ncc(S(=O)(=O)c2nn[nH]n2)s1)Nc1cnccc1C(=O)C1CCCC1. The Morgan fingerprint density at radius 1 is 0.583 bits per heavy atom. The number of amides is 4. The third kappa shape index (κ3) is 9.50. The molecule has 28 heteroatoms. The van der Waals surface area contributed by atoms with Crippen molar-refractivity contribution in [3.63, 3.8) is 0 Å². The third-order valence-electron chi connectivity index (χ3n) is 9.19. The summed E-state index contributed by atoms with van der Waals surface area (Å²) >= 11 is 1.47. The second-order valence-electron chi connectivity index (χ2n) is 13.1. The summed E-state index contributed by atoms with van der Waals surface area (Å²) in [5, 5.41) is 33.6. The van der Waals surface area contributed by atoms with Crippen LogP contribution in [0.25, 0.3) is 0 Å². The molecule has 2 saturated carbocycles. The normalized spacial score (nSPS) is 14.5. The maximum absolute atomic E-state index is 12.7. The maximum atomic E-state index is 12.7. The van der Waals surface area contributed by atoms with Crippen molar-refractivity contribution in [3.8, 4) is 0 Å². The van der Waals surface area contributed by atoms with Crippen LogP contribution in [0.4, 0.5) is 31.2 Å². The summed E-state index contributed by atoms with van der Waals surface area (Å²) in [5.41, 5.74) is 1.35. The zero-order valence-electron chi connectivity index (χ0n) is 30.8. The van der Waals surface area contributed by atoms with E-state index in [-0.39, 0.29) is 47.8 Å². The van der Waals surface area contributed by atoms with Crippen LogP contribution in [0, 0.1) is 11.8 Å². The summed E-state index contributed by atoms with van der Waals surface area (Å²) in [5.74, 6) is -0.172. The highest BCUT2D eigenvalue weighted by atomic mass is 32.2. The van der Waals surface area contributed by atoms with Gasteiger partial charge in [0.1, 0.15) is 8.42 Å². The van der Waals surface area contributed by atoms with Gasteiger partial charge < -0.3 is 10.6 Å². The number of aromatic amines is 2. The van der Waals surface area contributed by atoms with Crippen LogP contribution in [0.15, 0.2) is 68.0 Å². The molecule has 0 spiro atoms. The zero-order chi connectivity index (χ0) is 42.3. The Kier molecular flexibility index (Phi) is 12.6. The van der Waals surface area contributed by atoms with Gasteiger partial charge in [0.15, 0.2) is 21.8 Å². The third-order valence-corrected chi connectivity index (χ3v) is 15.0. The predicted molar refractivity (Wildman–Crippen MR) is 210 cm³/mol. The average Bonchev–Trinajstić information content (AvgIpc) is 4.09. The fourth-order valence-corrected chi connectivity index (χ4v) is 10.6. The standard InChI is InChI=1S/2C16H16N8O4S2/c25-13(9-3-1-2-4-9)10-7-17-6-5-11(10)19-14(26)20-15-18-8-12(29-15)30(27,28)16-21-23-24-22-16;25-13(9-3-1-2-4-9)10-5-6-17-7-11(10)19-14(26)20-15-18-8-12(29-15)30(27,28)16-21-23-24-22-16/h5-9H,1-4H2,(H,21,22,23,24)(H2,17,18,19,20,26);5-9H,1-4H2,(H2,18,19,20,26)(H,21,22,23,24). The number of anilines is 4. The largest absolute Gasteiger partial charge is 0.325 e. The number of carbonyl (C=O) groups is 4. The van der Waals surface area contributed by atoms with Crippen molar-refractivity contribution < 1.29 is 36.0 Å². The number of tetrazole rings is 2. The number of ketones is 2. The maximum Gasteiger partial charge on any atom is 0.325 e. The quantitative estimate of drug-likeness (QED) is 0.0951. The first-order chi connectivity index (χ1) is 28.9. The number of nitrogens with zero attached hydrogens (tertiary/aromatic N) is 10. The molecule has 60 heavy (non-hydrogen) atoms. The van der Waals surface area contributed by atoms with Crippen LogP contribution in [0.3, 0.4) is 0 Å². The number of thiazole rings is 2. The van der Waals surface area contributed by atoms with Gasteiger partial charge in [-0.1, -0.05) is 58.6 Å². The first-order valence-corrected chi connectivity index (χ1v) is 22.5. The molecule has 6 aromatic rings. The average molecular weight is 897 g/mol. The van der Waals surface area contributed by atoms with E-state index in [1.165, 1.54) is 30.9 Å². The molecule has 0 saturated heterocycles. The predicted octanol–water partition coefficient (Wildman–Crippen LogP) is 3.80. The van der Waals surface area contributed by atoms with Crippen molar-refractivity contribution in [2.75, 3.05) is 21.3 Å². The molecule has 6 aromatic heterocycles. The molecular formula is C32H32N16O8S4. The van der Waals surface area contributed by atoms with Gasteiger partial charge in [0, 0.05) is 36.0 Å². The zero-order valence-corrected chi connectivity index (χ0v) is 34.1. The molecule has 2 aliphatic rings. The van der Waals surface area contributed by atoms with E-state index in [0.29, 0.717) is 16.8 Å². The van der Waals surface area contributed by atoms with Crippen LogP contribution in [0.2, 0.25) is 0 Å².